The third kappa shape index (κ3) is 6.93. The average molecular weight is 537 g/mol. The summed E-state index contributed by atoms with van der Waals surface area (Å²) >= 11 is 0. The lowest BCUT2D eigenvalue weighted by molar-refractivity contribution is -0.138. The van der Waals surface area contributed by atoms with Crippen molar-refractivity contribution in [2.24, 2.45) is 0 Å². The summed E-state index contributed by atoms with van der Waals surface area (Å²) in [6.07, 6.45) is -3.53. The van der Waals surface area contributed by atoms with Crippen LogP contribution in [0.1, 0.15) is 60.4 Å². The van der Waals surface area contributed by atoms with Gasteiger partial charge in [-0.05, 0) is 64.4 Å². The summed E-state index contributed by atoms with van der Waals surface area (Å²) in [5.41, 5.74) is 0.621. The van der Waals surface area contributed by atoms with Gasteiger partial charge in [-0.3, -0.25) is 14.6 Å². The molecule has 3 aromatic carbocycles. The van der Waals surface area contributed by atoms with Crippen LogP contribution in [0.15, 0.2) is 79.0 Å². The summed E-state index contributed by atoms with van der Waals surface area (Å²) in [4.78, 5) is 28.5. The molecule has 6 nitrogen and oxygen atoms in total. The monoisotopic (exact) mass is 536 g/mol. The zero-order valence-corrected chi connectivity index (χ0v) is 21.5. The molecule has 202 valence electrons. The van der Waals surface area contributed by atoms with Crippen LogP contribution in [-0.2, 0) is 16.4 Å². The fraction of sp³-hybridized carbons (Fsp3) is 0.233. The van der Waals surface area contributed by atoms with Crippen molar-refractivity contribution >= 4 is 22.6 Å². The van der Waals surface area contributed by atoms with Crippen molar-refractivity contribution in [3.8, 4) is 11.5 Å². The Balaban J connectivity index is 1.50. The fourth-order valence-corrected chi connectivity index (χ4v) is 4.03. The molecule has 0 saturated heterocycles. The van der Waals surface area contributed by atoms with Gasteiger partial charge in [0.25, 0.3) is 5.91 Å². The van der Waals surface area contributed by atoms with Crippen molar-refractivity contribution in [2.75, 3.05) is 0 Å². The van der Waals surface area contributed by atoms with E-state index in [2.05, 4.69) is 31.1 Å². The minimum absolute atomic E-state index is 0.0303. The number of amides is 1. The van der Waals surface area contributed by atoms with Gasteiger partial charge in [0.1, 0.15) is 17.2 Å². The highest BCUT2D eigenvalue weighted by atomic mass is 19.4. The number of benzene rings is 3. The van der Waals surface area contributed by atoms with Crippen LogP contribution in [0.25, 0.3) is 10.8 Å². The number of nitrogens with one attached hydrogen (secondary N) is 1. The van der Waals surface area contributed by atoms with Crippen molar-refractivity contribution in [3.63, 3.8) is 0 Å². The molecule has 9 heteroatoms. The van der Waals surface area contributed by atoms with Crippen LogP contribution < -0.4 is 10.1 Å². The highest BCUT2D eigenvalue weighted by molar-refractivity contribution is 5.97. The largest absolute Gasteiger partial charge is 0.481 e. The first-order valence-corrected chi connectivity index (χ1v) is 12.2. The molecule has 4 aromatic rings. The number of hydrogen-bond acceptors (Lipinski definition) is 4. The van der Waals surface area contributed by atoms with Crippen LogP contribution in [0.4, 0.5) is 13.2 Å². The number of carboxylic acid groups (broad SMARTS) is 1. The Labute approximate surface area is 223 Å². The minimum Gasteiger partial charge on any atom is -0.481 e. The molecule has 0 aliphatic heterocycles. The fourth-order valence-electron chi connectivity index (χ4n) is 4.03. The van der Waals surface area contributed by atoms with E-state index in [9.17, 15) is 27.9 Å². The van der Waals surface area contributed by atoms with E-state index in [1.807, 2.05) is 24.3 Å². The van der Waals surface area contributed by atoms with E-state index in [-0.39, 0.29) is 16.7 Å². The number of nitrogens with zero attached hydrogens (tertiary/aromatic N) is 1. The van der Waals surface area contributed by atoms with Crippen molar-refractivity contribution in [2.45, 2.75) is 44.8 Å². The molecule has 1 amide bonds. The molecule has 39 heavy (non-hydrogen) atoms. The first kappa shape index (κ1) is 27.6. The van der Waals surface area contributed by atoms with Crippen LogP contribution in [0, 0.1) is 0 Å². The van der Waals surface area contributed by atoms with Gasteiger partial charge in [-0.2, -0.15) is 13.2 Å². The van der Waals surface area contributed by atoms with Crippen LogP contribution in [0.5, 0.6) is 11.5 Å². The van der Waals surface area contributed by atoms with Gasteiger partial charge < -0.3 is 15.2 Å². The predicted octanol–water partition coefficient (Wildman–Crippen LogP) is 7.29. The molecule has 1 unspecified atom stereocenters. The quantitative estimate of drug-likeness (QED) is 0.259. The van der Waals surface area contributed by atoms with Crippen molar-refractivity contribution < 1.29 is 32.6 Å². The number of aliphatic carboxylic acids is 1. The van der Waals surface area contributed by atoms with E-state index in [0.29, 0.717) is 16.9 Å². The van der Waals surface area contributed by atoms with Crippen LogP contribution in [0.2, 0.25) is 0 Å². The third-order valence-corrected chi connectivity index (χ3v) is 6.21. The zero-order valence-electron chi connectivity index (χ0n) is 21.5. The molecule has 1 aromatic heterocycles. The standard InChI is InChI=1S/C30H27F3N2O4/c1-29(2,3)21-9-12-23(13-10-21)39-24-11-6-19-15-26(34-17-20(19)14-24)28(38)35-25(16-27(36)37)18-4-7-22(8-5-18)30(31,32)33/h4-15,17,25H,16H2,1-3H3,(H,35,38)(H,36,37). The molecule has 0 fully saturated rings. The Morgan fingerprint density at radius 3 is 2.08 bits per heavy atom. The number of ether oxygens (including phenoxy) is 1. The predicted molar refractivity (Wildman–Crippen MR) is 141 cm³/mol. The number of rotatable bonds is 7. The molecule has 0 spiro atoms. The van der Waals surface area contributed by atoms with Gasteiger partial charge in [0.05, 0.1) is 18.0 Å². The lowest BCUT2D eigenvalue weighted by Gasteiger charge is -2.19. The topological polar surface area (TPSA) is 88.5 Å². The average Bonchev–Trinajstić information content (AvgIpc) is 2.87. The van der Waals surface area contributed by atoms with E-state index in [1.54, 1.807) is 24.3 Å². The number of aromatic nitrogens is 1. The molecular weight excluding hydrogens is 509 g/mol. The van der Waals surface area contributed by atoms with E-state index in [4.69, 9.17) is 4.74 Å². The van der Waals surface area contributed by atoms with Gasteiger partial charge in [-0.25, -0.2) is 0 Å². The highest BCUT2D eigenvalue weighted by Gasteiger charge is 2.30. The minimum atomic E-state index is -4.53. The number of carboxylic acids is 1. The second-order valence-electron chi connectivity index (χ2n) is 10.2. The van der Waals surface area contributed by atoms with E-state index >= 15 is 0 Å². The molecular formula is C30H27F3N2O4. The second-order valence-corrected chi connectivity index (χ2v) is 10.2. The van der Waals surface area contributed by atoms with Gasteiger partial charge in [0.15, 0.2) is 0 Å². The van der Waals surface area contributed by atoms with Crippen LogP contribution in [0.3, 0.4) is 0 Å². The van der Waals surface area contributed by atoms with Gasteiger partial charge >= 0.3 is 12.1 Å². The molecule has 0 aliphatic rings. The highest BCUT2D eigenvalue weighted by Crippen LogP contribution is 2.31. The number of pyridine rings is 1. The SMILES string of the molecule is CC(C)(C)c1ccc(Oc2ccc3cc(C(=O)NC(CC(=O)O)c4ccc(C(F)(F)F)cc4)ncc3c2)cc1. The molecule has 0 radical (unpaired) electrons. The number of hydrogen-bond donors (Lipinski definition) is 2. The van der Waals surface area contributed by atoms with Crippen molar-refractivity contribution in [3.05, 3.63) is 101 Å². The Bertz CT molecular complexity index is 1490. The summed E-state index contributed by atoms with van der Waals surface area (Å²) in [6, 6.07) is 17.7. The summed E-state index contributed by atoms with van der Waals surface area (Å²) in [5, 5.41) is 13.3. The Kier molecular flexibility index (Phi) is 7.63. The summed E-state index contributed by atoms with van der Waals surface area (Å²) in [5.74, 6) is -0.595. The van der Waals surface area contributed by atoms with Crippen LogP contribution >= 0.6 is 0 Å². The maximum atomic E-state index is 12.9. The molecule has 0 aliphatic carbocycles. The first-order valence-electron chi connectivity index (χ1n) is 12.2. The first-order chi connectivity index (χ1) is 18.3. The Morgan fingerprint density at radius 2 is 1.49 bits per heavy atom. The van der Waals surface area contributed by atoms with Crippen molar-refractivity contribution in [1.29, 1.82) is 0 Å². The number of alkyl halides is 3. The zero-order chi connectivity index (χ0) is 28.4. The smallest absolute Gasteiger partial charge is 0.416 e. The van der Waals surface area contributed by atoms with E-state index in [0.717, 1.165) is 29.7 Å². The third-order valence-electron chi connectivity index (χ3n) is 6.21. The Morgan fingerprint density at radius 1 is 0.872 bits per heavy atom. The second kappa shape index (κ2) is 10.8. The van der Waals surface area contributed by atoms with Crippen LogP contribution in [-0.4, -0.2) is 22.0 Å². The van der Waals surface area contributed by atoms with Gasteiger partial charge in [-0.1, -0.05) is 51.1 Å². The molecule has 1 atom stereocenters. The maximum Gasteiger partial charge on any atom is 0.416 e. The van der Waals surface area contributed by atoms with E-state index < -0.39 is 36.1 Å². The molecule has 4 rings (SSSR count). The van der Waals surface area contributed by atoms with Gasteiger partial charge in [-0.15, -0.1) is 0 Å². The Hall–Kier alpha value is -4.40. The van der Waals surface area contributed by atoms with Gasteiger partial charge in [0.2, 0.25) is 0 Å². The maximum absolute atomic E-state index is 12.9. The lowest BCUT2D eigenvalue weighted by Crippen LogP contribution is -2.30. The molecule has 1 heterocycles. The number of halogens is 3. The normalized spacial score (nSPS) is 12.7. The summed E-state index contributed by atoms with van der Waals surface area (Å²) < 4.78 is 44.7. The molecule has 2 N–H and O–H groups in total. The summed E-state index contributed by atoms with van der Waals surface area (Å²) in [6.45, 7) is 6.40. The van der Waals surface area contributed by atoms with E-state index in [1.165, 1.54) is 11.8 Å². The molecule has 0 saturated carbocycles. The van der Waals surface area contributed by atoms with Crippen molar-refractivity contribution in [1.82, 2.24) is 10.3 Å². The number of carbonyl (C=O) groups is 2. The lowest BCUT2D eigenvalue weighted by atomic mass is 9.87. The number of carbonyl (C=O) groups excluding carboxylic acids is 1. The number of fused-ring (bicyclic) bond motifs is 1. The summed E-state index contributed by atoms with van der Waals surface area (Å²) in [7, 11) is 0. The molecule has 0 bridgehead atoms. The van der Waals surface area contributed by atoms with Gasteiger partial charge in [0, 0.05) is 11.6 Å².